The minimum Gasteiger partial charge on any atom is -0.496 e. The van der Waals surface area contributed by atoms with Crippen LogP contribution in [0.15, 0.2) is 42.5 Å². The van der Waals surface area contributed by atoms with Gasteiger partial charge in [-0.05, 0) is 35.7 Å². The smallest absolute Gasteiger partial charge is 0.339 e. The molecule has 0 saturated heterocycles. The van der Waals surface area contributed by atoms with Crippen LogP contribution >= 0.6 is 0 Å². The standard InChI is InChI=1S/C15H14O3.Zn/c1-10-8-12(11-6-4-3-5-7-11)9-13(15(16)17)14(10)18-2;/h3-9H,1-2H3,(H,16,17);. The molecule has 0 fully saturated rings. The van der Waals surface area contributed by atoms with Crippen molar-refractivity contribution in [2.75, 3.05) is 7.11 Å². The monoisotopic (exact) mass is 306 g/mol. The van der Waals surface area contributed by atoms with Crippen molar-refractivity contribution in [1.82, 2.24) is 0 Å². The molecule has 0 aliphatic rings. The van der Waals surface area contributed by atoms with E-state index in [0.29, 0.717) is 5.75 Å². The second-order valence-corrected chi connectivity index (χ2v) is 4.05. The van der Waals surface area contributed by atoms with E-state index >= 15 is 0 Å². The fourth-order valence-corrected chi connectivity index (χ4v) is 2.00. The van der Waals surface area contributed by atoms with Crippen molar-refractivity contribution in [3.05, 3.63) is 53.6 Å². The van der Waals surface area contributed by atoms with Crippen LogP contribution in [0.25, 0.3) is 11.1 Å². The molecule has 1 N–H and O–H groups in total. The molecule has 2 rings (SSSR count). The van der Waals surface area contributed by atoms with Gasteiger partial charge in [-0.15, -0.1) is 0 Å². The molecule has 0 amide bonds. The van der Waals surface area contributed by atoms with E-state index in [1.807, 2.05) is 43.3 Å². The number of aromatic carboxylic acids is 1. The van der Waals surface area contributed by atoms with E-state index in [-0.39, 0.29) is 25.0 Å². The molecule has 0 radical (unpaired) electrons. The molecule has 3 nitrogen and oxygen atoms in total. The Kier molecular flexibility index (Phi) is 5.25. The number of carboxylic acids is 1. The summed E-state index contributed by atoms with van der Waals surface area (Å²) in [5.41, 5.74) is 2.88. The Balaban J connectivity index is 0.00000180. The first-order chi connectivity index (χ1) is 8.63. The molecule has 19 heavy (non-hydrogen) atoms. The average molecular weight is 308 g/mol. The van der Waals surface area contributed by atoms with Gasteiger partial charge in [-0.3, -0.25) is 0 Å². The Morgan fingerprint density at radius 1 is 1.11 bits per heavy atom. The summed E-state index contributed by atoms with van der Waals surface area (Å²) >= 11 is 0. The van der Waals surface area contributed by atoms with E-state index in [9.17, 15) is 9.90 Å². The maximum absolute atomic E-state index is 11.2. The molecule has 0 bridgehead atoms. The minimum atomic E-state index is -0.979. The van der Waals surface area contributed by atoms with Crippen LogP contribution in [-0.2, 0) is 19.5 Å². The molecule has 0 spiro atoms. The summed E-state index contributed by atoms with van der Waals surface area (Å²) in [7, 11) is 1.48. The maximum atomic E-state index is 11.2. The van der Waals surface area contributed by atoms with E-state index in [0.717, 1.165) is 16.7 Å². The second kappa shape index (κ2) is 6.49. The summed E-state index contributed by atoms with van der Waals surface area (Å²) < 4.78 is 5.15. The van der Waals surface area contributed by atoms with Crippen molar-refractivity contribution < 1.29 is 34.1 Å². The van der Waals surface area contributed by atoms with Crippen LogP contribution < -0.4 is 4.74 Å². The van der Waals surface area contributed by atoms with E-state index in [2.05, 4.69) is 0 Å². The third kappa shape index (κ3) is 3.21. The molecule has 0 saturated carbocycles. The van der Waals surface area contributed by atoms with Gasteiger partial charge in [0.25, 0.3) is 0 Å². The molecule has 0 aliphatic carbocycles. The number of rotatable bonds is 3. The molecular formula is C15H14O3Zn. The van der Waals surface area contributed by atoms with Crippen LogP contribution in [0, 0.1) is 6.92 Å². The van der Waals surface area contributed by atoms with Crippen LogP contribution in [0.2, 0.25) is 0 Å². The van der Waals surface area contributed by atoms with Crippen molar-refractivity contribution in [2.45, 2.75) is 6.92 Å². The summed E-state index contributed by atoms with van der Waals surface area (Å²) in [6, 6.07) is 13.3. The average Bonchev–Trinajstić information content (AvgIpc) is 2.38. The van der Waals surface area contributed by atoms with Gasteiger partial charge in [0.05, 0.1) is 7.11 Å². The first kappa shape index (κ1) is 15.4. The number of aryl methyl sites for hydroxylation is 1. The molecule has 2 aromatic carbocycles. The number of ether oxygens (including phenoxy) is 1. The van der Waals surface area contributed by atoms with E-state index in [1.165, 1.54) is 7.11 Å². The molecule has 94 valence electrons. The summed E-state index contributed by atoms with van der Waals surface area (Å²) in [5, 5.41) is 9.21. The fraction of sp³-hybridized carbons (Fsp3) is 0.133. The van der Waals surface area contributed by atoms with E-state index < -0.39 is 5.97 Å². The normalized spacial score (nSPS) is 9.58. The van der Waals surface area contributed by atoms with Crippen molar-refractivity contribution in [1.29, 1.82) is 0 Å². The fourth-order valence-electron chi connectivity index (χ4n) is 2.00. The van der Waals surface area contributed by atoms with E-state index in [1.54, 1.807) is 6.07 Å². The van der Waals surface area contributed by atoms with Gasteiger partial charge >= 0.3 is 5.97 Å². The van der Waals surface area contributed by atoms with Crippen LogP contribution in [0.3, 0.4) is 0 Å². The van der Waals surface area contributed by atoms with Crippen molar-refractivity contribution >= 4 is 5.97 Å². The van der Waals surface area contributed by atoms with Crippen LogP contribution in [-0.4, -0.2) is 18.2 Å². The molecule has 0 unspecified atom stereocenters. The minimum absolute atomic E-state index is 0. The third-order valence-electron chi connectivity index (χ3n) is 2.82. The van der Waals surface area contributed by atoms with Gasteiger partial charge in [0, 0.05) is 19.5 Å². The number of methoxy groups -OCH3 is 1. The topological polar surface area (TPSA) is 46.5 Å². The quantitative estimate of drug-likeness (QED) is 0.884. The summed E-state index contributed by atoms with van der Waals surface area (Å²) in [6.45, 7) is 1.84. The number of carboxylic acid groups (broad SMARTS) is 1. The first-order valence-electron chi connectivity index (χ1n) is 5.61. The summed E-state index contributed by atoms with van der Waals surface area (Å²) in [4.78, 5) is 11.2. The Bertz CT molecular complexity index is 579. The molecule has 0 aliphatic heterocycles. The van der Waals surface area contributed by atoms with Gasteiger partial charge in [0.1, 0.15) is 11.3 Å². The Hall–Kier alpha value is -1.67. The molecule has 0 atom stereocenters. The molecular weight excluding hydrogens is 294 g/mol. The van der Waals surface area contributed by atoms with Crippen LogP contribution in [0.5, 0.6) is 5.75 Å². The number of hydrogen-bond acceptors (Lipinski definition) is 2. The Morgan fingerprint density at radius 2 is 1.74 bits per heavy atom. The summed E-state index contributed by atoms with van der Waals surface area (Å²) in [6.07, 6.45) is 0. The SMILES string of the molecule is COc1c(C)cc(-c2ccccc2)cc1C(=O)O.[Zn]. The first-order valence-corrected chi connectivity index (χ1v) is 5.61. The van der Waals surface area contributed by atoms with Crippen LogP contribution in [0.4, 0.5) is 0 Å². The van der Waals surface area contributed by atoms with Crippen LogP contribution in [0.1, 0.15) is 15.9 Å². The Labute approximate surface area is 125 Å². The maximum Gasteiger partial charge on any atom is 0.339 e. The Morgan fingerprint density at radius 3 is 2.26 bits per heavy atom. The van der Waals surface area contributed by atoms with Crippen molar-refractivity contribution in [3.8, 4) is 16.9 Å². The zero-order chi connectivity index (χ0) is 13.1. The predicted octanol–water partition coefficient (Wildman–Crippen LogP) is 3.37. The molecule has 0 heterocycles. The zero-order valence-corrected chi connectivity index (χ0v) is 14.0. The predicted molar refractivity (Wildman–Crippen MR) is 70.1 cm³/mol. The second-order valence-electron chi connectivity index (χ2n) is 4.05. The molecule has 0 aromatic heterocycles. The largest absolute Gasteiger partial charge is 0.496 e. The van der Waals surface area contributed by atoms with Gasteiger partial charge in [-0.2, -0.15) is 0 Å². The van der Waals surface area contributed by atoms with Gasteiger partial charge in [-0.1, -0.05) is 30.3 Å². The zero-order valence-electron chi connectivity index (χ0n) is 11.0. The van der Waals surface area contributed by atoms with Gasteiger partial charge in [-0.25, -0.2) is 4.79 Å². The third-order valence-corrected chi connectivity index (χ3v) is 2.82. The van der Waals surface area contributed by atoms with Gasteiger partial charge in [0.2, 0.25) is 0 Å². The number of hydrogen-bond donors (Lipinski definition) is 1. The van der Waals surface area contributed by atoms with Gasteiger partial charge < -0.3 is 9.84 Å². The van der Waals surface area contributed by atoms with Gasteiger partial charge in [0.15, 0.2) is 0 Å². The molecule has 4 heteroatoms. The summed E-state index contributed by atoms with van der Waals surface area (Å²) in [5.74, 6) is -0.560. The van der Waals surface area contributed by atoms with E-state index in [4.69, 9.17) is 4.74 Å². The number of carbonyl (C=O) groups is 1. The number of benzene rings is 2. The molecule has 2 aromatic rings. The van der Waals surface area contributed by atoms with Crippen molar-refractivity contribution in [3.63, 3.8) is 0 Å². The van der Waals surface area contributed by atoms with Crippen molar-refractivity contribution in [2.24, 2.45) is 0 Å².